The van der Waals surface area contributed by atoms with Gasteiger partial charge in [0.25, 0.3) is 5.91 Å². The lowest BCUT2D eigenvalue weighted by atomic mass is 10.1. The molecule has 2 amide bonds. The molecule has 0 aliphatic rings. The lowest BCUT2D eigenvalue weighted by Gasteiger charge is -2.22. The Morgan fingerprint density at radius 2 is 1.23 bits per heavy atom. The number of aromatic nitrogens is 1. The first-order valence-electron chi connectivity index (χ1n) is 18.5. The summed E-state index contributed by atoms with van der Waals surface area (Å²) in [4.78, 5) is 33.5. The summed E-state index contributed by atoms with van der Waals surface area (Å²) in [6.07, 6.45) is 14.8. The standard InChI is InChI=1S/C42H54N6O6S2/c1-2-3-6-37(14-8-35-10-16-39(17-11-35)46(23-27-49)24-28-50)45-33-41(53)43-20-31-55-56-32-21-44-42(54)34-48-22-5-4-7-38(48)15-9-36-12-18-40(19-13-36)47(25-29-51)26-30-52/h2-19,22,49-52H,1,20-21,23-34H2,(H-,43,44,53,54)/p+1/b6-3-,14-8-,45-37?. The maximum absolute atomic E-state index is 12.7. The van der Waals surface area contributed by atoms with Crippen molar-refractivity contribution in [3.05, 3.63) is 121 Å². The smallest absolute Gasteiger partial charge is 0.286 e. The van der Waals surface area contributed by atoms with Crippen LogP contribution in [0.3, 0.4) is 0 Å². The van der Waals surface area contributed by atoms with Crippen molar-refractivity contribution in [3.8, 4) is 0 Å². The summed E-state index contributed by atoms with van der Waals surface area (Å²) in [5, 5.41) is 43.1. The molecule has 0 saturated heterocycles. The lowest BCUT2D eigenvalue weighted by molar-refractivity contribution is -0.686. The molecule has 0 aliphatic carbocycles. The van der Waals surface area contributed by atoms with E-state index in [1.165, 1.54) is 0 Å². The highest BCUT2D eigenvalue weighted by Crippen LogP contribution is 2.20. The predicted molar refractivity (Wildman–Crippen MR) is 233 cm³/mol. The molecule has 0 fully saturated rings. The molecular formula is C42H55N6O6S2+. The van der Waals surface area contributed by atoms with E-state index in [-0.39, 0.29) is 51.3 Å². The number of aliphatic hydroxyl groups excluding tert-OH is 4. The third kappa shape index (κ3) is 17.8. The minimum atomic E-state index is -0.177. The number of carbonyl (C=O) groups excluding carboxylic acids is 2. The van der Waals surface area contributed by atoms with E-state index in [4.69, 9.17) is 0 Å². The van der Waals surface area contributed by atoms with Crippen LogP contribution in [-0.4, -0.2) is 122 Å². The zero-order valence-corrected chi connectivity index (χ0v) is 33.4. The molecule has 6 N–H and O–H groups in total. The molecule has 2 aromatic carbocycles. The van der Waals surface area contributed by atoms with Crippen molar-refractivity contribution in [1.82, 2.24) is 10.6 Å². The third-order valence-electron chi connectivity index (χ3n) is 8.09. The van der Waals surface area contributed by atoms with Gasteiger partial charge in [-0.2, -0.15) is 4.57 Å². The van der Waals surface area contributed by atoms with Crippen LogP contribution in [0.4, 0.5) is 11.4 Å². The maximum Gasteiger partial charge on any atom is 0.286 e. The molecule has 300 valence electrons. The second kappa shape index (κ2) is 27.8. The van der Waals surface area contributed by atoms with Crippen LogP contribution in [0.15, 0.2) is 109 Å². The summed E-state index contributed by atoms with van der Waals surface area (Å²) in [5.41, 5.74) is 5.28. The highest BCUT2D eigenvalue weighted by molar-refractivity contribution is 8.76. The fourth-order valence-corrected chi connectivity index (χ4v) is 7.12. The Balaban J connectivity index is 1.35. The first kappa shape index (κ1) is 45.7. The van der Waals surface area contributed by atoms with E-state index in [1.807, 2.05) is 112 Å². The Morgan fingerprint density at radius 1 is 0.696 bits per heavy atom. The summed E-state index contributed by atoms with van der Waals surface area (Å²) in [6.45, 7) is 6.72. The minimum absolute atomic E-state index is 0.00120. The zero-order chi connectivity index (χ0) is 40.2. The molecule has 0 bridgehead atoms. The van der Waals surface area contributed by atoms with Gasteiger partial charge in [-0.25, -0.2) is 0 Å². The van der Waals surface area contributed by atoms with Crippen molar-refractivity contribution in [1.29, 1.82) is 0 Å². The van der Waals surface area contributed by atoms with E-state index in [2.05, 4.69) is 22.2 Å². The topological polar surface area (TPSA) is 162 Å². The minimum Gasteiger partial charge on any atom is -0.395 e. The maximum atomic E-state index is 12.7. The van der Waals surface area contributed by atoms with Crippen LogP contribution in [0.5, 0.6) is 0 Å². The van der Waals surface area contributed by atoms with Crippen LogP contribution >= 0.6 is 21.6 Å². The summed E-state index contributed by atoms with van der Waals surface area (Å²) in [6, 6.07) is 21.4. The van der Waals surface area contributed by atoms with Gasteiger partial charge >= 0.3 is 0 Å². The van der Waals surface area contributed by atoms with Gasteiger partial charge in [0.05, 0.1) is 32.1 Å². The molecule has 3 aromatic rings. The van der Waals surface area contributed by atoms with Gasteiger partial charge in [-0.15, -0.1) is 0 Å². The number of nitrogens with one attached hydrogen (secondary N) is 2. The molecule has 0 radical (unpaired) electrons. The number of nitrogens with zero attached hydrogens (tertiary/aromatic N) is 4. The molecule has 1 aromatic heterocycles. The second-order valence-electron chi connectivity index (χ2n) is 12.2. The quantitative estimate of drug-likeness (QED) is 0.0222. The van der Waals surface area contributed by atoms with Gasteiger partial charge in [-0.3, -0.25) is 14.6 Å². The number of hydrogen-bond donors (Lipinski definition) is 6. The van der Waals surface area contributed by atoms with Gasteiger partial charge in [-0.05, 0) is 59.7 Å². The van der Waals surface area contributed by atoms with E-state index in [0.717, 1.165) is 33.9 Å². The van der Waals surface area contributed by atoms with E-state index in [1.54, 1.807) is 39.8 Å². The largest absolute Gasteiger partial charge is 0.395 e. The van der Waals surface area contributed by atoms with Crippen LogP contribution in [0.25, 0.3) is 18.2 Å². The second-order valence-corrected chi connectivity index (χ2v) is 14.9. The van der Waals surface area contributed by atoms with Crippen molar-refractivity contribution in [2.45, 2.75) is 6.54 Å². The van der Waals surface area contributed by atoms with E-state index in [0.29, 0.717) is 50.7 Å². The summed E-state index contributed by atoms with van der Waals surface area (Å²) >= 11 is 0. The number of pyridine rings is 1. The Bertz CT molecular complexity index is 1720. The fourth-order valence-electron chi connectivity index (χ4n) is 5.30. The number of benzene rings is 2. The molecule has 14 heteroatoms. The SMILES string of the molecule is C=C/C=C\C(/C=C\c1ccc(N(CCO)CCO)cc1)=NCC(=O)NCCSSCCNC(=O)C[n+]1ccccc1/C=C/c1ccc(N(CCO)CCO)cc1. The number of carbonyl (C=O) groups is 2. The van der Waals surface area contributed by atoms with E-state index in [9.17, 15) is 30.0 Å². The summed E-state index contributed by atoms with van der Waals surface area (Å²) in [7, 11) is 3.26. The number of allylic oxidation sites excluding steroid dienone is 4. The van der Waals surface area contributed by atoms with Crippen LogP contribution in [0.1, 0.15) is 16.8 Å². The highest BCUT2D eigenvalue weighted by atomic mass is 33.1. The zero-order valence-electron chi connectivity index (χ0n) is 31.8. The van der Waals surface area contributed by atoms with Gasteiger partial charge in [0.1, 0.15) is 6.54 Å². The summed E-state index contributed by atoms with van der Waals surface area (Å²) in [5.74, 6) is 1.18. The monoisotopic (exact) mass is 803 g/mol. The van der Waals surface area contributed by atoms with Crippen LogP contribution in [-0.2, 0) is 16.1 Å². The number of rotatable bonds is 27. The third-order valence-corrected chi connectivity index (χ3v) is 10.5. The number of aliphatic hydroxyl groups is 4. The van der Waals surface area contributed by atoms with E-state index >= 15 is 0 Å². The van der Waals surface area contributed by atoms with Crippen LogP contribution < -0.4 is 25.0 Å². The van der Waals surface area contributed by atoms with Crippen LogP contribution in [0, 0.1) is 0 Å². The summed E-state index contributed by atoms with van der Waals surface area (Å²) < 4.78 is 1.89. The first-order chi connectivity index (χ1) is 27.4. The number of hydrogen-bond acceptors (Lipinski definition) is 11. The molecule has 0 spiro atoms. The van der Waals surface area contributed by atoms with E-state index < -0.39 is 0 Å². The van der Waals surface area contributed by atoms with Crippen molar-refractivity contribution in [3.63, 3.8) is 0 Å². The number of anilines is 2. The van der Waals surface area contributed by atoms with Gasteiger partial charge in [0.2, 0.25) is 18.1 Å². The molecule has 3 rings (SSSR count). The number of aliphatic imine (C=N–C) groups is 1. The van der Waals surface area contributed by atoms with Crippen molar-refractivity contribution in [2.24, 2.45) is 4.99 Å². The molecular weight excluding hydrogens is 749 g/mol. The van der Waals surface area contributed by atoms with Gasteiger partial charge in [-0.1, -0.05) is 70.7 Å². The first-order valence-corrected chi connectivity index (χ1v) is 21.0. The molecule has 0 atom stereocenters. The predicted octanol–water partition coefficient (Wildman–Crippen LogP) is 3.24. The average molecular weight is 804 g/mol. The Kier molecular flexibility index (Phi) is 22.7. The Hall–Kier alpha value is -4.70. The molecule has 56 heavy (non-hydrogen) atoms. The van der Waals surface area contributed by atoms with Gasteiger partial charge in [0, 0.05) is 80.4 Å². The number of amides is 2. The molecule has 12 nitrogen and oxygen atoms in total. The molecule has 0 aliphatic heterocycles. The molecule has 0 saturated carbocycles. The van der Waals surface area contributed by atoms with Crippen molar-refractivity contribution >= 4 is 68.7 Å². The Morgan fingerprint density at radius 3 is 1.77 bits per heavy atom. The van der Waals surface area contributed by atoms with Crippen molar-refractivity contribution < 1.29 is 34.6 Å². The normalized spacial score (nSPS) is 11.8. The van der Waals surface area contributed by atoms with Gasteiger partial charge < -0.3 is 40.9 Å². The van der Waals surface area contributed by atoms with Crippen LogP contribution in [0.2, 0.25) is 0 Å². The lowest BCUT2D eigenvalue weighted by Crippen LogP contribution is -2.45. The highest BCUT2D eigenvalue weighted by Gasteiger charge is 2.13. The molecule has 0 unspecified atom stereocenters. The fraction of sp³-hybridized carbons (Fsp3) is 0.333. The van der Waals surface area contributed by atoms with Gasteiger partial charge in [0.15, 0.2) is 6.20 Å². The average Bonchev–Trinajstić information content (AvgIpc) is 3.21. The van der Waals surface area contributed by atoms with Crippen molar-refractivity contribution in [2.75, 3.05) is 93.5 Å². The Labute approximate surface area is 338 Å². The molecule has 1 heterocycles.